The zero-order valence-corrected chi connectivity index (χ0v) is 25.5. The van der Waals surface area contributed by atoms with Crippen LogP contribution in [0.1, 0.15) is 75.7 Å². The number of rotatable bonds is 11. The Morgan fingerprint density at radius 2 is 1.81 bits per heavy atom. The number of aromatic nitrogens is 4. The van der Waals surface area contributed by atoms with E-state index in [1.54, 1.807) is 7.11 Å². The summed E-state index contributed by atoms with van der Waals surface area (Å²) in [4.78, 5) is 31.3. The maximum atomic E-state index is 13.9. The molecule has 2 heterocycles. The van der Waals surface area contributed by atoms with Gasteiger partial charge in [0.05, 0.1) is 47.9 Å². The van der Waals surface area contributed by atoms with Gasteiger partial charge in [-0.15, -0.1) is 0 Å². The van der Waals surface area contributed by atoms with Gasteiger partial charge in [0.25, 0.3) is 0 Å². The highest BCUT2D eigenvalue weighted by Crippen LogP contribution is 2.39. The Bertz CT molecular complexity index is 1710. The molecule has 1 fully saturated rings. The van der Waals surface area contributed by atoms with Crippen LogP contribution >= 0.6 is 0 Å². The fourth-order valence-electron chi connectivity index (χ4n) is 6.13. The summed E-state index contributed by atoms with van der Waals surface area (Å²) in [5, 5.41) is 0. The van der Waals surface area contributed by atoms with Crippen LogP contribution in [0.5, 0.6) is 0 Å². The van der Waals surface area contributed by atoms with Crippen molar-refractivity contribution in [3.05, 3.63) is 75.7 Å². The number of methoxy groups -OCH3 is 2. The molecule has 0 atom stereocenters. The highest BCUT2D eigenvalue weighted by molar-refractivity contribution is 5.96. The van der Waals surface area contributed by atoms with E-state index in [9.17, 15) is 9.59 Å². The van der Waals surface area contributed by atoms with Crippen molar-refractivity contribution < 1.29 is 14.3 Å². The summed E-state index contributed by atoms with van der Waals surface area (Å²) >= 11 is 0. The molecule has 0 bridgehead atoms. The topological polar surface area (TPSA) is 80.3 Å². The van der Waals surface area contributed by atoms with Crippen molar-refractivity contribution in [3.63, 3.8) is 0 Å². The number of benzene rings is 2. The second-order valence-electron chi connectivity index (χ2n) is 11.5. The van der Waals surface area contributed by atoms with Gasteiger partial charge in [-0.25, -0.2) is 14.6 Å². The van der Waals surface area contributed by atoms with Crippen LogP contribution < -0.4 is 5.69 Å². The molecule has 8 nitrogen and oxygen atoms in total. The fraction of sp³-hybridized carbons (Fsp3) is 0.441. The van der Waals surface area contributed by atoms with Crippen molar-refractivity contribution in [1.82, 2.24) is 18.7 Å². The number of ether oxygens (including phenoxy) is 2. The van der Waals surface area contributed by atoms with Crippen molar-refractivity contribution in [2.75, 3.05) is 20.8 Å². The van der Waals surface area contributed by atoms with Gasteiger partial charge in [0.1, 0.15) is 5.82 Å². The van der Waals surface area contributed by atoms with Crippen LogP contribution in [0.2, 0.25) is 0 Å². The van der Waals surface area contributed by atoms with Gasteiger partial charge in [-0.2, -0.15) is 0 Å². The molecule has 0 N–H and O–H groups in total. The lowest BCUT2D eigenvalue weighted by Gasteiger charge is -2.17. The van der Waals surface area contributed by atoms with Gasteiger partial charge in [0.2, 0.25) is 0 Å². The molecule has 0 radical (unpaired) electrons. The molecule has 222 valence electrons. The predicted molar refractivity (Wildman–Crippen MR) is 168 cm³/mol. The Kier molecular flexibility index (Phi) is 9.12. The lowest BCUT2D eigenvalue weighted by Crippen LogP contribution is -2.25. The highest BCUT2D eigenvalue weighted by atomic mass is 16.5. The number of hydrogen-bond acceptors (Lipinski definition) is 5. The molecule has 2 aromatic carbocycles. The van der Waals surface area contributed by atoms with E-state index < -0.39 is 0 Å². The summed E-state index contributed by atoms with van der Waals surface area (Å²) in [5.41, 5.74) is 7.38. The van der Waals surface area contributed by atoms with E-state index in [2.05, 4.69) is 43.6 Å². The lowest BCUT2D eigenvalue weighted by atomic mass is 10.1. The maximum absolute atomic E-state index is 13.9. The predicted octanol–water partition coefficient (Wildman–Crippen LogP) is 7.06. The van der Waals surface area contributed by atoms with E-state index in [0.29, 0.717) is 31.3 Å². The number of fused-ring (bicyclic) bond motifs is 2. The summed E-state index contributed by atoms with van der Waals surface area (Å²) in [6.07, 6.45) is 10.8. The number of esters is 1. The molecule has 42 heavy (non-hydrogen) atoms. The molecule has 2 aromatic heterocycles. The van der Waals surface area contributed by atoms with Crippen molar-refractivity contribution in [1.29, 1.82) is 0 Å². The van der Waals surface area contributed by atoms with Crippen molar-refractivity contribution in [2.24, 2.45) is 0 Å². The third kappa shape index (κ3) is 5.86. The number of para-hydroxylation sites is 1. The first-order valence-electron chi connectivity index (χ1n) is 14.9. The van der Waals surface area contributed by atoms with E-state index >= 15 is 0 Å². The zero-order valence-electron chi connectivity index (χ0n) is 25.5. The fourth-order valence-corrected chi connectivity index (χ4v) is 6.13. The molecule has 8 heteroatoms. The average molecular weight is 571 g/mol. The molecule has 0 saturated heterocycles. The molecular weight excluding hydrogens is 528 g/mol. The van der Waals surface area contributed by atoms with Crippen LogP contribution in [0, 0.1) is 0 Å². The highest BCUT2D eigenvalue weighted by Gasteiger charge is 2.26. The quantitative estimate of drug-likeness (QED) is 0.142. The molecule has 0 aliphatic heterocycles. The smallest absolute Gasteiger partial charge is 0.337 e. The molecule has 1 aliphatic rings. The number of allylic oxidation sites excluding steroid dienone is 4. The first kappa shape index (κ1) is 29.6. The van der Waals surface area contributed by atoms with Gasteiger partial charge in [0, 0.05) is 25.3 Å². The Hall–Kier alpha value is -3.91. The minimum atomic E-state index is -0.384. The lowest BCUT2D eigenvalue weighted by molar-refractivity contribution is 0.0601. The van der Waals surface area contributed by atoms with E-state index in [1.165, 1.54) is 31.1 Å². The SMILES string of the molecule is COCCn1c(=O)n(C/C=C(/C)CCC=C(C)C)c2cccc(-c3nc4cc(C(=O)OC)ccc4n3C3CCCC3)c21. The van der Waals surface area contributed by atoms with Crippen LogP contribution in [0.25, 0.3) is 33.5 Å². The third-order valence-electron chi connectivity index (χ3n) is 8.31. The zero-order chi connectivity index (χ0) is 29.8. The number of imidazole rings is 2. The molecule has 1 saturated carbocycles. The first-order chi connectivity index (χ1) is 20.3. The monoisotopic (exact) mass is 570 g/mol. The molecule has 0 unspecified atom stereocenters. The number of carbonyl (C=O) groups excluding carboxylic acids is 1. The van der Waals surface area contributed by atoms with Crippen molar-refractivity contribution in [2.45, 2.75) is 78.4 Å². The number of hydrogen-bond donors (Lipinski definition) is 0. The van der Waals surface area contributed by atoms with E-state index in [4.69, 9.17) is 14.5 Å². The second kappa shape index (κ2) is 12.9. The molecule has 0 amide bonds. The Labute approximate surface area is 247 Å². The van der Waals surface area contributed by atoms with Crippen LogP contribution in [0.4, 0.5) is 0 Å². The summed E-state index contributed by atoms with van der Waals surface area (Å²) < 4.78 is 16.4. The van der Waals surface area contributed by atoms with Gasteiger partial charge in [-0.3, -0.25) is 9.13 Å². The van der Waals surface area contributed by atoms with Gasteiger partial charge in [0.15, 0.2) is 0 Å². The van der Waals surface area contributed by atoms with Crippen molar-refractivity contribution >= 4 is 28.0 Å². The number of carbonyl (C=O) groups is 1. The van der Waals surface area contributed by atoms with Gasteiger partial charge >= 0.3 is 11.7 Å². The van der Waals surface area contributed by atoms with Crippen LogP contribution in [-0.4, -0.2) is 45.5 Å². The standard InChI is InChI=1S/C34H42N4O4/c1-23(2)10-8-11-24(3)18-19-36-30-15-9-14-27(31(30)37(34(36)40)20-21-41-4)32-35-28-22-25(33(39)42-5)16-17-29(28)38(32)26-12-6-7-13-26/h9-10,14-18,22,26H,6-8,11-13,19-21H2,1-5H3/b24-18-. The molecule has 0 spiro atoms. The van der Waals surface area contributed by atoms with Gasteiger partial charge < -0.3 is 14.0 Å². The van der Waals surface area contributed by atoms with Gasteiger partial charge in [-0.1, -0.05) is 42.2 Å². The molecular formula is C34H42N4O4. The first-order valence-corrected chi connectivity index (χ1v) is 14.9. The second-order valence-corrected chi connectivity index (χ2v) is 11.5. The Balaban J connectivity index is 1.68. The number of nitrogens with zero attached hydrogens (tertiary/aromatic N) is 4. The van der Waals surface area contributed by atoms with Gasteiger partial charge in [-0.05, 0) is 76.8 Å². The minimum absolute atomic E-state index is 0.0562. The minimum Gasteiger partial charge on any atom is -0.465 e. The van der Waals surface area contributed by atoms with E-state index in [-0.39, 0.29) is 11.7 Å². The van der Waals surface area contributed by atoms with E-state index in [0.717, 1.165) is 59.1 Å². The normalized spacial score (nSPS) is 14.3. The summed E-state index contributed by atoms with van der Waals surface area (Å²) in [5.74, 6) is 0.437. The van der Waals surface area contributed by atoms with Crippen LogP contribution in [-0.2, 0) is 22.6 Å². The Morgan fingerprint density at radius 3 is 2.52 bits per heavy atom. The molecule has 5 rings (SSSR count). The third-order valence-corrected chi connectivity index (χ3v) is 8.31. The summed E-state index contributed by atoms with van der Waals surface area (Å²) in [7, 11) is 3.04. The summed E-state index contributed by atoms with van der Waals surface area (Å²) in [6, 6.07) is 12.0. The van der Waals surface area contributed by atoms with E-state index in [1.807, 2.05) is 39.5 Å². The molecule has 4 aromatic rings. The average Bonchev–Trinajstić information content (AvgIpc) is 3.70. The molecule has 1 aliphatic carbocycles. The Morgan fingerprint density at radius 1 is 1.02 bits per heavy atom. The van der Waals surface area contributed by atoms with Crippen molar-refractivity contribution in [3.8, 4) is 11.4 Å². The van der Waals surface area contributed by atoms with Crippen LogP contribution in [0.3, 0.4) is 0 Å². The summed E-state index contributed by atoms with van der Waals surface area (Å²) in [6.45, 7) is 7.73. The maximum Gasteiger partial charge on any atom is 0.337 e. The van der Waals surface area contributed by atoms with Crippen LogP contribution in [0.15, 0.2) is 64.5 Å². The largest absolute Gasteiger partial charge is 0.465 e.